The smallest absolute Gasteiger partial charge is 0.267 e. The lowest BCUT2D eigenvalue weighted by atomic mass is 10.1. The monoisotopic (exact) mass is 520 g/mol. The van der Waals surface area contributed by atoms with Crippen molar-refractivity contribution in [2.45, 2.75) is 45.9 Å². The van der Waals surface area contributed by atoms with Crippen molar-refractivity contribution in [1.29, 1.82) is 0 Å². The van der Waals surface area contributed by atoms with Gasteiger partial charge >= 0.3 is 0 Å². The lowest BCUT2D eigenvalue weighted by Gasteiger charge is -2.36. The maximum absolute atomic E-state index is 13.8. The molecule has 5 rings (SSSR count). The van der Waals surface area contributed by atoms with Gasteiger partial charge in [-0.2, -0.15) is 0 Å². The molecule has 3 atom stereocenters. The Hall–Kier alpha value is -3.01. The normalized spacial score (nSPS) is 22.6. The number of benzene rings is 1. The van der Waals surface area contributed by atoms with Gasteiger partial charge in [-0.25, -0.2) is 4.98 Å². The van der Waals surface area contributed by atoms with Crippen LogP contribution in [0.3, 0.4) is 0 Å². The molecular formula is C27H28N4O3S2. The Bertz CT molecular complexity index is 1430. The van der Waals surface area contributed by atoms with Gasteiger partial charge in [0.25, 0.3) is 11.5 Å². The summed E-state index contributed by atoms with van der Waals surface area (Å²) in [6.45, 7) is 9.12. The molecule has 0 spiro atoms. The minimum atomic E-state index is -0.219. The van der Waals surface area contributed by atoms with Crippen molar-refractivity contribution in [2.24, 2.45) is 0 Å². The first-order chi connectivity index (χ1) is 17.2. The second-order valence-corrected chi connectivity index (χ2v) is 11.0. The zero-order valence-corrected chi connectivity index (χ0v) is 22.3. The van der Waals surface area contributed by atoms with Crippen LogP contribution < -0.4 is 10.5 Å². The molecule has 1 aromatic carbocycles. The number of amides is 1. The largest absolute Gasteiger partial charge is 0.372 e. The molecule has 0 aliphatic carbocycles. The number of ether oxygens (including phenoxy) is 1. The van der Waals surface area contributed by atoms with E-state index in [-0.39, 0.29) is 29.7 Å². The Kier molecular flexibility index (Phi) is 6.72. The van der Waals surface area contributed by atoms with Crippen LogP contribution in [0.15, 0.2) is 58.4 Å². The van der Waals surface area contributed by atoms with Gasteiger partial charge in [0.15, 0.2) is 0 Å². The highest BCUT2D eigenvalue weighted by molar-refractivity contribution is 8.26. The van der Waals surface area contributed by atoms with E-state index in [1.54, 1.807) is 21.6 Å². The number of thiocarbonyl (C=S) groups is 1. The van der Waals surface area contributed by atoms with Gasteiger partial charge in [-0.3, -0.25) is 18.9 Å². The third kappa shape index (κ3) is 4.47. The summed E-state index contributed by atoms with van der Waals surface area (Å²) >= 11 is 6.83. The van der Waals surface area contributed by atoms with Crippen LogP contribution in [0.2, 0.25) is 0 Å². The number of carbonyl (C=O) groups excluding carboxylic acids is 1. The lowest BCUT2D eigenvalue weighted by Crippen LogP contribution is -2.46. The molecule has 4 heterocycles. The third-order valence-corrected chi connectivity index (χ3v) is 7.88. The van der Waals surface area contributed by atoms with Crippen molar-refractivity contribution in [2.75, 3.05) is 18.0 Å². The van der Waals surface area contributed by atoms with Gasteiger partial charge in [0.1, 0.15) is 15.8 Å². The fraction of sp³-hybridized carbons (Fsp3) is 0.333. The quantitative estimate of drug-likeness (QED) is 0.369. The predicted molar refractivity (Wildman–Crippen MR) is 148 cm³/mol. The number of fused-ring (bicyclic) bond motifs is 1. The van der Waals surface area contributed by atoms with Gasteiger partial charge in [-0.1, -0.05) is 60.4 Å². The van der Waals surface area contributed by atoms with Crippen molar-refractivity contribution in [3.05, 3.63) is 80.6 Å². The number of rotatable bonds is 4. The molecule has 9 heteroatoms. The zero-order valence-electron chi connectivity index (χ0n) is 20.7. The van der Waals surface area contributed by atoms with E-state index in [2.05, 4.69) is 4.90 Å². The second kappa shape index (κ2) is 9.80. The van der Waals surface area contributed by atoms with Crippen LogP contribution in [0.1, 0.15) is 43.5 Å². The molecule has 0 saturated carbocycles. The number of anilines is 1. The van der Waals surface area contributed by atoms with Crippen molar-refractivity contribution in [1.82, 2.24) is 14.3 Å². The van der Waals surface area contributed by atoms with Gasteiger partial charge < -0.3 is 9.64 Å². The van der Waals surface area contributed by atoms with Gasteiger partial charge in [-0.05, 0) is 51.0 Å². The summed E-state index contributed by atoms with van der Waals surface area (Å²) in [5.74, 6) is 0.363. The number of thioether (sulfide) groups is 1. The van der Waals surface area contributed by atoms with Crippen molar-refractivity contribution < 1.29 is 9.53 Å². The van der Waals surface area contributed by atoms with E-state index in [4.69, 9.17) is 21.9 Å². The summed E-state index contributed by atoms with van der Waals surface area (Å²) in [5.41, 5.74) is 2.67. The molecule has 1 amide bonds. The highest BCUT2D eigenvalue weighted by Crippen LogP contribution is 2.38. The van der Waals surface area contributed by atoms with Crippen LogP contribution >= 0.6 is 24.0 Å². The van der Waals surface area contributed by atoms with E-state index >= 15 is 0 Å². The first-order valence-electron chi connectivity index (χ1n) is 12.0. The number of hydrogen-bond donors (Lipinski definition) is 0. The van der Waals surface area contributed by atoms with E-state index < -0.39 is 0 Å². The molecule has 7 nitrogen and oxygen atoms in total. The standard InChI is InChI=1S/C27H28N4O3S2/c1-16-9-8-12-30-23(16)28-24(29-14-17(2)34-18(3)15-29)21(25(30)32)13-22-26(33)31(27(35)36-22)19(4)20-10-6-5-7-11-20/h5-13,17-19H,14-15H2,1-4H3/b22-13-/t17-,18-,19-/m1/s1. The zero-order chi connectivity index (χ0) is 25.6. The first-order valence-corrected chi connectivity index (χ1v) is 13.2. The molecule has 2 aliphatic heterocycles. The van der Waals surface area contributed by atoms with Crippen molar-refractivity contribution in [3.63, 3.8) is 0 Å². The second-order valence-electron chi connectivity index (χ2n) is 9.34. The molecule has 2 saturated heterocycles. The number of carbonyl (C=O) groups is 1. The Balaban J connectivity index is 1.62. The van der Waals surface area contributed by atoms with Crippen LogP contribution in [0.4, 0.5) is 5.82 Å². The van der Waals surface area contributed by atoms with Crippen LogP contribution in [0.5, 0.6) is 0 Å². The van der Waals surface area contributed by atoms with Crippen molar-refractivity contribution >= 4 is 51.7 Å². The third-order valence-electron chi connectivity index (χ3n) is 6.55. The van der Waals surface area contributed by atoms with E-state index in [1.807, 2.05) is 70.2 Å². The van der Waals surface area contributed by atoms with E-state index in [1.165, 1.54) is 11.8 Å². The molecule has 0 unspecified atom stereocenters. The van der Waals surface area contributed by atoms with Gasteiger partial charge in [0.2, 0.25) is 0 Å². The first kappa shape index (κ1) is 24.7. The maximum atomic E-state index is 13.8. The average molecular weight is 521 g/mol. The summed E-state index contributed by atoms with van der Waals surface area (Å²) in [6.07, 6.45) is 3.36. The number of aromatic nitrogens is 2. The summed E-state index contributed by atoms with van der Waals surface area (Å²) in [7, 11) is 0. The van der Waals surface area contributed by atoms with Crippen LogP contribution in [0.25, 0.3) is 11.7 Å². The molecule has 2 aliphatic rings. The summed E-state index contributed by atoms with van der Waals surface area (Å²) in [6, 6.07) is 13.3. The summed E-state index contributed by atoms with van der Waals surface area (Å²) in [4.78, 5) is 36.4. The van der Waals surface area contributed by atoms with Gasteiger partial charge in [0, 0.05) is 19.3 Å². The molecular weight excluding hydrogens is 492 g/mol. The molecule has 186 valence electrons. The van der Waals surface area contributed by atoms with E-state index in [9.17, 15) is 9.59 Å². The molecule has 0 bridgehead atoms. The van der Waals surface area contributed by atoms with Crippen LogP contribution in [-0.4, -0.2) is 49.8 Å². The fourth-order valence-corrected chi connectivity index (χ4v) is 6.24. The number of nitrogens with zero attached hydrogens (tertiary/aromatic N) is 4. The van der Waals surface area contributed by atoms with Crippen LogP contribution in [0, 0.1) is 6.92 Å². The lowest BCUT2D eigenvalue weighted by molar-refractivity contribution is -0.123. The Morgan fingerprint density at radius 1 is 1.11 bits per heavy atom. The van der Waals surface area contributed by atoms with E-state index in [0.717, 1.165) is 11.1 Å². The topological polar surface area (TPSA) is 67.2 Å². The molecule has 2 aromatic heterocycles. The average Bonchev–Trinajstić information content (AvgIpc) is 3.13. The van der Waals surface area contributed by atoms with Gasteiger partial charge in [0.05, 0.1) is 28.7 Å². The van der Waals surface area contributed by atoms with Gasteiger partial charge in [-0.15, -0.1) is 0 Å². The molecule has 36 heavy (non-hydrogen) atoms. The predicted octanol–water partition coefficient (Wildman–Crippen LogP) is 4.58. The minimum absolute atomic E-state index is 0.0105. The van der Waals surface area contributed by atoms with Crippen LogP contribution in [-0.2, 0) is 9.53 Å². The fourth-order valence-electron chi connectivity index (χ4n) is 4.84. The molecule has 0 radical (unpaired) electrons. The summed E-state index contributed by atoms with van der Waals surface area (Å²) < 4.78 is 7.94. The Morgan fingerprint density at radius 3 is 2.50 bits per heavy atom. The minimum Gasteiger partial charge on any atom is -0.372 e. The number of pyridine rings is 1. The summed E-state index contributed by atoms with van der Waals surface area (Å²) in [5, 5.41) is 0. The van der Waals surface area contributed by atoms with E-state index in [0.29, 0.717) is 39.3 Å². The van der Waals surface area contributed by atoms with Crippen molar-refractivity contribution in [3.8, 4) is 0 Å². The number of aryl methyl sites for hydroxylation is 1. The number of morpholine rings is 1. The molecule has 0 N–H and O–H groups in total. The molecule has 2 fully saturated rings. The highest BCUT2D eigenvalue weighted by atomic mass is 32.2. The number of hydrogen-bond acceptors (Lipinski definition) is 7. The molecule has 3 aromatic rings. The Morgan fingerprint density at radius 2 is 1.81 bits per heavy atom. The SMILES string of the molecule is Cc1cccn2c(=O)c(/C=C3\SC(=S)N([C@H](C)c4ccccc4)C3=O)c(N3C[C@@H](C)O[C@H](C)C3)nc12. The maximum Gasteiger partial charge on any atom is 0.267 e. The highest BCUT2D eigenvalue weighted by Gasteiger charge is 2.37. The Labute approximate surface area is 219 Å².